The molecule has 7 aromatic carbocycles. The van der Waals surface area contributed by atoms with Crippen LogP contribution in [0.4, 0.5) is 0 Å². The summed E-state index contributed by atoms with van der Waals surface area (Å²) in [5.74, 6) is 0. The van der Waals surface area contributed by atoms with E-state index < -0.39 is 0 Å². The fourth-order valence-corrected chi connectivity index (χ4v) is 10.6. The van der Waals surface area contributed by atoms with E-state index in [1.807, 2.05) is 22.7 Å². The Bertz CT molecular complexity index is 2630. The molecule has 9 aromatic rings. The minimum Gasteiger partial charge on any atom is -0.192 e. The van der Waals surface area contributed by atoms with Crippen molar-refractivity contribution in [2.45, 2.75) is 0 Å². The summed E-state index contributed by atoms with van der Waals surface area (Å²) in [5.41, 5.74) is 9.84. The molecule has 2 aliphatic rings. The van der Waals surface area contributed by atoms with Crippen molar-refractivity contribution >= 4 is 108 Å². The molecule has 0 bridgehead atoms. The molecule has 0 saturated heterocycles. The summed E-state index contributed by atoms with van der Waals surface area (Å²) in [6.07, 6.45) is 0. The molecule has 0 amide bonds. The van der Waals surface area contributed by atoms with Crippen LogP contribution in [0.25, 0.3) is 84.1 Å². The molecule has 0 spiro atoms. The van der Waals surface area contributed by atoms with Gasteiger partial charge >= 0.3 is 0 Å². The maximum absolute atomic E-state index is 10.5. The first-order valence-electron chi connectivity index (χ1n) is 14.6. The Hall–Kier alpha value is -4.95. The highest BCUT2D eigenvalue weighted by Crippen LogP contribution is 2.49. The van der Waals surface area contributed by atoms with E-state index in [2.05, 4.69) is 115 Å². The Morgan fingerprint density at radius 1 is 0.512 bits per heavy atom. The Balaban J connectivity index is 1.44. The number of hydrogen-bond acceptors (Lipinski definition) is 3. The van der Waals surface area contributed by atoms with Gasteiger partial charge in [-0.3, -0.25) is 0 Å². The van der Waals surface area contributed by atoms with Gasteiger partial charge < -0.3 is 0 Å². The van der Waals surface area contributed by atoms with Gasteiger partial charge in [0, 0.05) is 40.3 Å². The second-order valence-corrected chi connectivity index (χ2v) is 14.0. The number of nitrogens with zero attached hydrogens (tertiary/aromatic N) is 1. The third kappa shape index (κ3) is 2.65. The lowest BCUT2D eigenvalue weighted by molar-refractivity contribution is 1.49. The van der Waals surface area contributed by atoms with Crippen molar-refractivity contribution in [2.24, 2.45) is 0 Å². The van der Waals surface area contributed by atoms with Gasteiger partial charge in [0.2, 0.25) is 6.71 Å². The number of benzene rings is 7. The van der Waals surface area contributed by atoms with Crippen LogP contribution in [0.1, 0.15) is 5.56 Å². The maximum atomic E-state index is 10.5. The fraction of sp³-hybridized carbons (Fsp3) is 0. The molecule has 0 fully saturated rings. The molecular formula is C39H18BNS2. The highest BCUT2D eigenvalue weighted by molar-refractivity contribution is 7.26. The van der Waals surface area contributed by atoms with Crippen LogP contribution in [0, 0.1) is 11.3 Å². The number of nitriles is 1. The van der Waals surface area contributed by atoms with Gasteiger partial charge in [-0.15, -0.1) is 22.7 Å². The Labute approximate surface area is 254 Å². The molecule has 0 saturated carbocycles. The van der Waals surface area contributed by atoms with Crippen molar-refractivity contribution in [3.8, 4) is 28.3 Å². The van der Waals surface area contributed by atoms with Crippen LogP contribution in [0.5, 0.6) is 0 Å². The summed E-state index contributed by atoms with van der Waals surface area (Å²) in [6.45, 7) is 0.106. The van der Waals surface area contributed by atoms with Crippen LogP contribution in [0.15, 0.2) is 109 Å². The van der Waals surface area contributed by atoms with E-state index in [-0.39, 0.29) is 6.71 Å². The standard InChI is InChI=1S/C39H18BNS2/c41-19-20-15-25-37-33-21(17-31-35(37)23-9-1-3-13-29(23)42-31)7-5-11-27(33)40-28-12-6-8-22-18-32-36(24-10-2-4-14-30(24)43-32)38(34(22)28)26(16-20)39(25)40/h1-18H. The van der Waals surface area contributed by atoms with E-state index in [9.17, 15) is 5.26 Å². The maximum Gasteiger partial charge on any atom is 0.244 e. The molecule has 0 aliphatic carbocycles. The largest absolute Gasteiger partial charge is 0.244 e. The van der Waals surface area contributed by atoms with Gasteiger partial charge in [-0.05, 0) is 80.2 Å². The third-order valence-electron chi connectivity index (χ3n) is 9.83. The van der Waals surface area contributed by atoms with E-state index >= 15 is 0 Å². The zero-order chi connectivity index (χ0) is 28.0. The third-order valence-corrected chi connectivity index (χ3v) is 12.1. The SMILES string of the molecule is N#Cc1cc2c3c(c1)-c1c4c(cccc4cc4sc5ccccc5c14)B3c1cccc3cc4sc5ccccc5c4c-2c13. The number of rotatable bonds is 0. The molecule has 0 unspecified atom stereocenters. The summed E-state index contributed by atoms with van der Waals surface area (Å²) < 4.78 is 5.22. The zero-order valence-electron chi connectivity index (χ0n) is 22.7. The monoisotopic (exact) mass is 575 g/mol. The van der Waals surface area contributed by atoms with Gasteiger partial charge in [0.15, 0.2) is 0 Å². The van der Waals surface area contributed by atoms with Gasteiger partial charge in [0.1, 0.15) is 0 Å². The average Bonchev–Trinajstić information content (AvgIpc) is 3.61. The van der Waals surface area contributed by atoms with E-state index in [1.165, 1.54) is 101 Å². The molecule has 0 N–H and O–H groups in total. The molecular weight excluding hydrogens is 557 g/mol. The van der Waals surface area contributed by atoms with Gasteiger partial charge in [0.05, 0.1) is 11.6 Å². The molecule has 2 aliphatic heterocycles. The van der Waals surface area contributed by atoms with E-state index in [0.717, 1.165) is 5.56 Å². The number of hydrogen-bond donors (Lipinski definition) is 0. The molecule has 11 rings (SSSR count). The number of thiophene rings is 2. The fourth-order valence-electron chi connectivity index (χ4n) is 8.32. The lowest BCUT2D eigenvalue weighted by Gasteiger charge is -2.35. The molecule has 1 nitrogen and oxygen atoms in total. The molecule has 4 heteroatoms. The van der Waals surface area contributed by atoms with Crippen molar-refractivity contribution in [1.82, 2.24) is 0 Å². The molecule has 194 valence electrons. The minimum absolute atomic E-state index is 0.106. The summed E-state index contributed by atoms with van der Waals surface area (Å²) >= 11 is 3.74. The first-order valence-corrected chi connectivity index (χ1v) is 16.2. The van der Waals surface area contributed by atoms with Crippen molar-refractivity contribution in [3.63, 3.8) is 0 Å². The van der Waals surface area contributed by atoms with Crippen LogP contribution in [0.2, 0.25) is 0 Å². The molecule has 4 heterocycles. The lowest BCUT2D eigenvalue weighted by atomic mass is 9.31. The summed E-state index contributed by atoms with van der Waals surface area (Å²) in [7, 11) is 0. The normalized spacial score (nSPS) is 13.0. The van der Waals surface area contributed by atoms with Gasteiger partial charge in [-0.1, -0.05) is 89.2 Å². The van der Waals surface area contributed by atoms with Crippen LogP contribution in [-0.4, -0.2) is 6.71 Å². The highest BCUT2D eigenvalue weighted by atomic mass is 32.1. The molecule has 0 radical (unpaired) electrons. The quantitative estimate of drug-likeness (QED) is 0.166. The topological polar surface area (TPSA) is 23.8 Å². The lowest BCUT2D eigenvalue weighted by Crippen LogP contribution is -2.57. The predicted octanol–water partition coefficient (Wildman–Crippen LogP) is 9.08. The Morgan fingerprint density at radius 3 is 1.53 bits per heavy atom. The summed E-state index contributed by atoms with van der Waals surface area (Å²) in [4.78, 5) is 0. The molecule has 2 aromatic heterocycles. The molecule has 0 atom stereocenters. The van der Waals surface area contributed by atoms with Gasteiger partial charge in [-0.2, -0.15) is 5.26 Å². The van der Waals surface area contributed by atoms with Gasteiger partial charge in [-0.25, -0.2) is 0 Å². The van der Waals surface area contributed by atoms with Crippen LogP contribution < -0.4 is 16.4 Å². The summed E-state index contributed by atoms with van der Waals surface area (Å²) in [5, 5.41) is 20.9. The second-order valence-electron chi connectivity index (χ2n) is 11.9. The van der Waals surface area contributed by atoms with E-state index in [0.29, 0.717) is 0 Å². The first-order chi connectivity index (χ1) is 21.3. The zero-order valence-corrected chi connectivity index (χ0v) is 24.4. The first kappa shape index (κ1) is 22.6. The van der Waals surface area contributed by atoms with Gasteiger partial charge in [0.25, 0.3) is 0 Å². The van der Waals surface area contributed by atoms with Crippen LogP contribution in [-0.2, 0) is 0 Å². The minimum atomic E-state index is 0.106. The van der Waals surface area contributed by atoms with Crippen molar-refractivity contribution in [3.05, 3.63) is 115 Å². The second kappa shape index (κ2) is 7.71. The number of fused-ring (bicyclic) bond motifs is 12. The van der Waals surface area contributed by atoms with Crippen LogP contribution >= 0.6 is 22.7 Å². The predicted molar refractivity (Wildman–Crippen MR) is 187 cm³/mol. The van der Waals surface area contributed by atoms with Crippen molar-refractivity contribution < 1.29 is 0 Å². The summed E-state index contributed by atoms with van der Waals surface area (Å²) in [6, 6.07) is 43.0. The van der Waals surface area contributed by atoms with E-state index in [1.54, 1.807) is 0 Å². The Morgan fingerprint density at radius 2 is 1.02 bits per heavy atom. The van der Waals surface area contributed by atoms with E-state index in [4.69, 9.17) is 0 Å². The average molecular weight is 576 g/mol. The van der Waals surface area contributed by atoms with Crippen molar-refractivity contribution in [2.75, 3.05) is 0 Å². The molecule has 43 heavy (non-hydrogen) atoms. The smallest absolute Gasteiger partial charge is 0.192 e. The highest BCUT2D eigenvalue weighted by Gasteiger charge is 2.40. The van der Waals surface area contributed by atoms with Crippen molar-refractivity contribution in [1.29, 1.82) is 5.26 Å². The van der Waals surface area contributed by atoms with Crippen LogP contribution in [0.3, 0.4) is 0 Å². The Kier molecular flexibility index (Phi) is 4.06.